The van der Waals surface area contributed by atoms with Crippen molar-refractivity contribution in [3.63, 3.8) is 0 Å². The van der Waals surface area contributed by atoms with E-state index in [1.807, 2.05) is 0 Å². The fraction of sp³-hybridized carbons (Fsp3) is 0.467. The first-order valence-electron chi connectivity index (χ1n) is 7.58. The molecular formula is C15H19ClF2N2O5S. The molecule has 2 N–H and O–H groups in total. The Kier molecular flexibility index (Phi) is 7.91. The number of anilines is 1. The van der Waals surface area contributed by atoms with E-state index in [2.05, 4.69) is 5.32 Å². The SMILES string of the molecule is Cl.O=C(CN1CCCC(C(=O)O)C1)Nc1ccccc1S(=O)(=O)C(F)F. The fourth-order valence-electron chi connectivity index (χ4n) is 2.71. The van der Waals surface area contributed by atoms with Gasteiger partial charge in [-0.25, -0.2) is 8.42 Å². The van der Waals surface area contributed by atoms with Crippen molar-refractivity contribution in [3.05, 3.63) is 24.3 Å². The molecule has 7 nitrogen and oxygen atoms in total. The summed E-state index contributed by atoms with van der Waals surface area (Å²) in [7, 11) is -4.85. The van der Waals surface area contributed by atoms with E-state index in [1.165, 1.54) is 18.2 Å². The largest absolute Gasteiger partial charge is 0.481 e. The van der Waals surface area contributed by atoms with E-state index in [9.17, 15) is 26.8 Å². The van der Waals surface area contributed by atoms with Crippen molar-refractivity contribution in [3.8, 4) is 0 Å². The summed E-state index contributed by atoms with van der Waals surface area (Å²) in [4.78, 5) is 24.1. The molecule has 1 amide bonds. The van der Waals surface area contributed by atoms with Crippen LogP contribution in [-0.2, 0) is 19.4 Å². The predicted molar refractivity (Wildman–Crippen MR) is 92.3 cm³/mol. The van der Waals surface area contributed by atoms with Gasteiger partial charge in [0.05, 0.1) is 23.0 Å². The van der Waals surface area contributed by atoms with Crippen molar-refractivity contribution in [2.24, 2.45) is 5.92 Å². The quantitative estimate of drug-likeness (QED) is 0.738. The number of alkyl halides is 2. The van der Waals surface area contributed by atoms with Crippen molar-refractivity contribution in [2.45, 2.75) is 23.5 Å². The van der Waals surface area contributed by atoms with E-state index in [1.54, 1.807) is 4.90 Å². The van der Waals surface area contributed by atoms with Gasteiger partial charge in [0.2, 0.25) is 15.7 Å². The molecule has 1 heterocycles. The summed E-state index contributed by atoms with van der Waals surface area (Å²) in [6.07, 6.45) is 1.16. The molecule has 0 aliphatic carbocycles. The molecule has 1 unspecified atom stereocenters. The van der Waals surface area contributed by atoms with E-state index in [-0.39, 0.29) is 31.2 Å². The van der Waals surface area contributed by atoms with Crippen LogP contribution in [0.3, 0.4) is 0 Å². The number of nitrogens with zero attached hydrogens (tertiary/aromatic N) is 1. The summed E-state index contributed by atoms with van der Waals surface area (Å²) in [5.74, 6) is -5.68. The van der Waals surface area contributed by atoms with Crippen LogP contribution in [0.4, 0.5) is 14.5 Å². The molecular weight excluding hydrogens is 394 g/mol. The second-order valence-corrected chi connectivity index (χ2v) is 7.65. The summed E-state index contributed by atoms with van der Waals surface area (Å²) in [5.41, 5.74) is -0.223. The maximum atomic E-state index is 12.7. The van der Waals surface area contributed by atoms with E-state index in [0.717, 1.165) is 6.07 Å². The molecule has 1 aromatic rings. The molecule has 1 aromatic carbocycles. The summed E-state index contributed by atoms with van der Waals surface area (Å²) in [6.45, 7) is 0.598. The Bertz CT molecular complexity index is 760. The van der Waals surface area contributed by atoms with Crippen molar-refractivity contribution >= 4 is 39.8 Å². The lowest BCUT2D eigenvalue weighted by molar-refractivity contribution is -0.144. The minimum Gasteiger partial charge on any atom is -0.481 e. The van der Waals surface area contributed by atoms with Gasteiger partial charge in [-0.15, -0.1) is 12.4 Å². The van der Waals surface area contributed by atoms with Gasteiger partial charge >= 0.3 is 11.7 Å². The Morgan fingerprint density at radius 2 is 1.96 bits per heavy atom. The maximum Gasteiger partial charge on any atom is 0.341 e. The molecule has 0 saturated carbocycles. The third-order valence-electron chi connectivity index (χ3n) is 3.92. The summed E-state index contributed by atoms with van der Waals surface area (Å²) in [5, 5.41) is 11.4. The standard InChI is InChI=1S/C15H18F2N2O5S.ClH/c16-15(17)25(23,24)12-6-2-1-5-11(12)18-13(20)9-19-7-3-4-10(8-19)14(21)22;/h1-2,5-6,10,15H,3-4,7-9H2,(H,18,20)(H,21,22);1H. The van der Waals surface area contributed by atoms with Crippen LogP contribution < -0.4 is 5.32 Å². The van der Waals surface area contributed by atoms with Crippen LogP contribution in [0.2, 0.25) is 0 Å². The number of para-hydroxylation sites is 1. The van der Waals surface area contributed by atoms with Crippen LogP contribution in [0.15, 0.2) is 29.2 Å². The Labute approximate surface area is 155 Å². The molecule has 0 bridgehead atoms. The zero-order chi connectivity index (χ0) is 18.6. The number of aliphatic carboxylic acids is 1. The van der Waals surface area contributed by atoms with Gasteiger partial charge in [0.25, 0.3) is 0 Å². The number of nitrogens with one attached hydrogen (secondary N) is 1. The topological polar surface area (TPSA) is 104 Å². The average Bonchev–Trinajstić information content (AvgIpc) is 2.55. The van der Waals surface area contributed by atoms with Gasteiger partial charge in [-0.2, -0.15) is 8.78 Å². The number of hydrogen-bond donors (Lipinski definition) is 2. The molecule has 146 valence electrons. The second-order valence-electron chi connectivity index (χ2n) is 5.76. The third-order valence-corrected chi connectivity index (χ3v) is 5.36. The molecule has 1 aliphatic rings. The fourth-order valence-corrected chi connectivity index (χ4v) is 3.59. The number of benzene rings is 1. The molecule has 1 aliphatic heterocycles. The number of halogens is 3. The summed E-state index contributed by atoms with van der Waals surface area (Å²) < 4.78 is 48.8. The minimum atomic E-state index is -4.85. The van der Waals surface area contributed by atoms with Crippen LogP contribution in [0.25, 0.3) is 0 Å². The van der Waals surface area contributed by atoms with Gasteiger partial charge in [-0.1, -0.05) is 12.1 Å². The summed E-state index contributed by atoms with van der Waals surface area (Å²) >= 11 is 0. The van der Waals surface area contributed by atoms with Crippen molar-refractivity contribution < 1.29 is 31.9 Å². The van der Waals surface area contributed by atoms with Gasteiger partial charge in [0.15, 0.2) is 0 Å². The molecule has 11 heteroatoms. The minimum absolute atomic E-state index is 0. The molecule has 1 fully saturated rings. The van der Waals surface area contributed by atoms with Gasteiger partial charge in [-0.05, 0) is 31.5 Å². The highest BCUT2D eigenvalue weighted by atomic mass is 35.5. The Balaban J connectivity index is 0.00000338. The lowest BCUT2D eigenvalue weighted by Gasteiger charge is -2.30. The number of amides is 1. The molecule has 0 aromatic heterocycles. The number of likely N-dealkylation sites (tertiary alicyclic amines) is 1. The van der Waals surface area contributed by atoms with Gasteiger partial charge < -0.3 is 10.4 Å². The normalized spacial score (nSPS) is 18.2. The monoisotopic (exact) mass is 412 g/mol. The Morgan fingerprint density at radius 3 is 2.58 bits per heavy atom. The van der Waals surface area contributed by atoms with Crippen LogP contribution in [-0.4, -0.2) is 55.7 Å². The van der Waals surface area contributed by atoms with Crippen LogP contribution in [0.5, 0.6) is 0 Å². The van der Waals surface area contributed by atoms with Crippen LogP contribution in [0, 0.1) is 5.92 Å². The maximum absolute atomic E-state index is 12.7. The number of piperidine rings is 1. The number of carbonyl (C=O) groups is 2. The number of rotatable bonds is 6. The predicted octanol–water partition coefficient (Wildman–Crippen LogP) is 1.84. The van der Waals surface area contributed by atoms with E-state index in [0.29, 0.717) is 19.4 Å². The Morgan fingerprint density at radius 1 is 1.31 bits per heavy atom. The lowest BCUT2D eigenvalue weighted by atomic mass is 9.98. The van der Waals surface area contributed by atoms with Crippen molar-refractivity contribution in [1.82, 2.24) is 4.90 Å². The Hall–Kier alpha value is -1.78. The number of sulfone groups is 1. The molecule has 2 rings (SSSR count). The van der Waals surface area contributed by atoms with Crippen LogP contribution in [0.1, 0.15) is 12.8 Å². The van der Waals surface area contributed by atoms with Crippen LogP contribution >= 0.6 is 12.4 Å². The second kappa shape index (κ2) is 9.24. The van der Waals surface area contributed by atoms with Gasteiger partial charge in [-0.3, -0.25) is 14.5 Å². The zero-order valence-electron chi connectivity index (χ0n) is 13.6. The smallest absolute Gasteiger partial charge is 0.341 e. The van der Waals surface area contributed by atoms with Crippen molar-refractivity contribution in [2.75, 3.05) is 25.0 Å². The number of carboxylic acid groups (broad SMARTS) is 1. The summed E-state index contributed by atoms with van der Waals surface area (Å²) in [6, 6.07) is 4.93. The van der Waals surface area contributed by atoms with E-state index in [4.69, 9.17) is 5.11 Å². The van der Waals surface area contributed by atoms with E-state index < -0.39 is 38.3 Å². The highest BCUT2D eigenvalue weighted by Crippen LogP contribution is 2.26. The third kappa shape index (κ3) is 5.36. The van der Waals surface area contributed by atoms with Gasteiger partial charge in [0.1, 0.15) is 0 Å². The molecule has 0 radical (unpaired) electrons. The number of carbonyl (C=O) groups excluding carboxylic acids is 1. The van der Waals surface area contributed by atoms with Gasteiger partial charge in [0, 0.05) is 6.54 Å². The highest BCUT2D eigenvalue weighted by Gasteiger charge is 2.30. The average molecular weight is 413 g/mol. The zero-order valence-corrected chi connectivity index (χ0v) is 15.2. The first-order valence-corrected chi connectivity index (χ1v) is 9.12. The molecule has 1 atom stereocenters. The number of hydrogen-bond acceptors (Lipinski definition) is 5. The van der Waals surface area contributed by atoms with E-state index >= 15 is 0 Å². The first kappa shape index (κ1) is 22.3. The molecule has 1 saturated heterocycles. The number of carboxylic acids is 1. The lowest BCUT2D eigenvalue weighted by Crippen LogP contribution is -2.42. The highest BCUT2D eigenvalue weighted by molar-refractivity contribution is 7.91. The molecule has 26 heavy (non-hydrogen) atoms. The first-order chi connectivity index (χ1) is 11.7. The molecule has 0 spiro atoms. The van der Waals surface area contributed by atoms with Crippen molar-refractivity contribution in [1.29, 1.82) is 0 Å².